The fourth-order valence-corrected chi connectivity index (χ4v) is 3.58. The molecule has 0 spiro atoms. The van der Waals surface area contributed by atoms with Crippen LogP contribution in [0.4, 0.5) is 0 Å². The maximum absolute atomic E-state index is 11.6. The van der Waals surface area contributed by atoms with Gasteiger partial charge in [0.1, 0.15) is 18.1 Å². The normalized spacial score (nSPS) is 11.8. The van der Waals surface area contributed by atoms with Crippen molar-refractivity contribution < 1.29 is 18.7 Å². The van der Waals surface area contributed by atoms with Crippen molar-refractivity contribution in [3.63, 3.8) is 0 Å². The summed E-state index contributed by atoms with van der Waals surface area (Å²) in [7, 11) is 1.31. The van der Waals surface area contributed by atoms with E-state index in [4.69, 9.17) is 20.8 Å². The van der Waals surface area contributed by atoms with Crippen molar-refractivity contribution in [2.75, 3.05) is 7.11 Å². The first kappa shape index (κ1) is 21.0. The molecule has 0 aliphatic heterocycles. The minimum atomic E-state index is -0.509. The number of rotatable bonds is 9. The van der Waals surface area contributed by atoms with Gasteiger partial charge < -0.3 is 13.9 Å². The molecule has 0 saturated heterocycles. The third-order valence-corrected chi connectivity index (χ3v) is 5.33. The standard InChI is InChI=1S/C20H20ClN3O4S/c1-4-11-24-18(12-27-15-7-5-14(21)6-8-15)22-23-20(24)29-13(2)16-9-10-17(28-16)19(25)26-3/h4-10,13H,1,11-12H2,2-3H3. The number of aromatic nitrogens is 3. The summed E-state index contributed by atoms with van der Waals surface area (Å²) in [6.07, 6.45) is 1.77. The number of carbonyl (C=O) groups is 1. The maximum Gasteiger partial charge on any atom is 0.373 e. The number of hydrogen-bond acceptors (Lipinski definition) is 7. The minimum Gasteiger partial charge on any atom is -0.486 e. The van der Waals surface area contributed by atoms with Crippen LogP contribution in [-0.2, 0) is 17.9 Å². The van der Waals surface area contributed by atoms with Crippen LogP contribution in [0.2, 0.25) is 5.02 Å². The Balaban J connectivity index is 1.71. The topological polar surface area (TPSA) is 79.4 Å². The van der Waals surface area contributed by atoms with Crippen molar-refractivity contribution in [2.45, 2.75) is 30.5 Å². The Labute approximate surface area is 177 Å². The number of esters is 1. The second-order valence-electron chi connectivity index (χ2n) is 5.99. The molecule has 7 nitrogen and oxygen atoms in total. The molecule has 29 heavy (non-hydrogen) atoms. The first-order valence-corrected chi connectivity index (χ1v) is 10.0. The summed E-state index contributed by atoms with van der Waals surface area (Å²) in [5.74, 6) is 1.66. The van der Waals surface area contributed by atoms with Gasteiger partial charge in [-0.25, -0.2) is 4.79 Å². The molecule has 2 heterocycles. The summed E-state index contributed by atoms with van der Waals surface area (Å²) >= 11 is 7.36. The second kappa shape index (κ2) is 9.67. The number of carbonyl (C=O) groups excluding carboxylic acids is 1. The molecule has 0 amide bonds. The van der Waals surface area contributed by atoms with E-state index in [-0.39, 0.29) is 17.6 Å². The number of benzene rings is 1. The summed E-state index contributed by atoms with van der Waals surface area (Å²) in [5, 5.41) is 9.78. The van der Waals surface area contributed by atoms with Crippen LogP contribution in [0.5, 0.6) is 5.75 Å². The van der Waals surface area contributed by atoms with Gasteiger partial charge in [-0.15, -0.1) is 16.8 Å². The highest BCUT2D eigenvalue weighted by Gasteiger charge is 2.20. The summed E-state index contributed by atoms with van der Waals surface area (Å²) in [4.78, 5) is 11.6. The van der Waals surface area contributed by atoms with Crippen LogP contribution in [-0.4, -0.2) is 27.8 Å². The molecule has 0 saturated carbocycles. The van der Waals surface area contributed by atoms with Gasteiger partial charge in [-0.1, -0.05) is 29.4 Å². The second-order valence-corrected chi connectivity index (χ2v) is 7.74. The number of allylic oxidation sites excluding steroid dienone is 1. The van der Waals surface area contributed by atoms with Crippen molar-refractivity contribution in [1.82, 2.24) is 14.8 Å². The van der Waals surface area contributed by atoms with Gasteiger partial charge in [0.05, 0.1) is 12.4 Å². The van der Waals surface area contributed by atoms with Crippen molar-refractivity contribution in [3.8, 4) is 5.75 Å². The lowest BCUT2D eigenvalue weighted by atomic mass is 10.3. The van der Waals surface area contributed by atoms with Gasteiger partial charge in [0.15, 0.2) is 11.0 Å². The molecule has 2 aromatic heterocycles. The molecular weight excluding hydrogens is 414 g/mol. The Morgan fingerprint density at radius 2 is 2.07 bits per heavy atom. The van der Waals surface area contributed by atoms with Gasteiger partial charge in [0.2, 0.25) is 5.76 Å². The summed E-state index contributed by atoms with van der Waals surface area (Å²) in [6, 6.07) is 10.5. The van der Waals surface area contributed by atoms with Crippen LogP contribution in [0.3, 0.4) is 0 Å². The van der Waals surface area contributed by atoms with E-state index in [0.29, 0.717) is 34.1 Å². The molecule has 152 valence electrons. The highest BCUT2D eigenvalue weighted by atomic mass is 35.5. The molecule has 0 radical (unpaired) electrons. The van der Waals surface area contributed by atoms with Crippen molar-refractivity contribution in [3.05, 3.63) is 71.4 Å². The van der Waals surface area contributed by atoms with E-state index in [2.05, 4.69) is 21.5 Å². The van der Waals surface area contributed by atoms with Gasteiger partial charge >= 0.3 is 5.97 Å². The number of furan rings is 1. The van der Waals surface area contributed by atoms with Gasteiger partial charge in [0, 0.05) is 11.6 Å². The Morgan fingerprint density at radius 3 is 2.76 bits per heavy atom. The van der Waals surface area contributed by atoms with E-state index in [1.807, 2.05) is 11.5 Å². The van der Waals surface area contributed by atoms with Crippen LogP contribution >= 0.6 is 23.4 Å². The molecule has 1 aromatic carbocycles. The lowest BCUT2D eigenvalue weighted by Crippen LogP contribution is -2.07. The van der Waals surface area contributed by atoms with Gasteiger partial charge in [-0.2, -0.15) is 0 Å². The van der Waals surface area contributed by atoms with E-state index >= 15 is 0 Å². The molecule has 3 aromatic rings. The first-order chi connectivity index (χ1) is 14.0. The smallest absolute Gasteiger partial charge is 0.373 e. The van der Waals surface area contributed by atoms with Crippen molar-refractivity contribution in [1.29, 1.82) is 0 Å². The Hall–Kier alpha value is -2.71. The highest BCUT2D eigenvalue weighted by Crippen LogP contribution is 2.35. The largest absolute Gasteiger partial charge is 0.486 e. The zero-order valence-electron chi connectivity index (χ0n) is 16.0. The zero-order valence-corrected chi connectivity index (χ0v) is 17.6. The minimum absolute atomic E-state index is 0.0915. The molecule has 3 rings (SSSR count). The number of hydrogen-bond donors (Lipinski definition) is 0. The van der Waals surface area contributed by atoms with Crippen LogP contribution in [0, 0.1) is 0 Å². The quantitative estimate of drug-likeness (QED) is 0.269. The number of ether oxygens (including phenoxy) is 2. The molecule has 0 fully saturated rings. The number of nitrogens with zero attached hydrogens (tertiary/aromatic N) is 3. The van der Waals surface area contributed by atoms with Crippen LogP contribution in [0.15, 0.2) is 58.6 Å². The van der Waals surface area contributed by atoms with Crippen LogP contribution in [0.25, 0.3) is 0 Å². The van der Waals surface area contributed by atoms with Crippen LogP contribution in [0.1, 0.15) is 34.3 Å². The first-order valence-electron chi connectivity index (χ1n) is 8.78. The number of methoxy groups -OCH3 is 1. The third-order valence-electron chi connectivity index (χ3n) is 3.98. The van der Waals surface area contributed by atoms with E-state index < -0.39 is 5.97 Å². The fourth-order valence-electron chi connectivity index (χ4n) is 2.50. The third kappa shape index (κ3) is 5.21. The van der Waals surface area contributed by atoms with E-state index in [1.165, 1.54) is 18.9 Å². The van der Waals surface area contributed by atoms with E-state index in [9.17, 15) is 4.79 Å². The summed E-state index contributed by atoms with van der Waals surface area (Å²) in [6.45, 7) is 6.55. The van der Waals surface area contributed by atoms with Crippen LogP contribution < -0.4 is 4.74 Å². The van der Waals surface area contributed by atoms with Crippen molar-refractivity contribution >= 4 is 29.3 Å². The van der Waals surface area contributed by atoms with E-state index in [0.717, 1.165) is 0 Å². The zero-order chi connectivity index (χ0) is 20.8. The van der Waals surface area contributed by atoms with E-state index in [1.54, 1.807) is 42.5 Å². The average molecular weight is 434 g/mol. The number of thioether (sulfide) groups is 1. The maximum atomic E-state index is 11.6. The van der Waals surface area contributed by atoms with Crippen molar-refractivity contribution in [2.24, 2.45) is 0 Å². The predicted molar refractivity (Wildman–Crippen MR) is 110 cm³/mol. The SMILES string of the molecule is C=CCn1c(COc2ccc(Cl)cc2)nnc1SC(C)c1ccc(C(=O)OC)o1. The number of halogens is 1. The van der Waals surface area contributed by atoms with Gasteiger partial charge in [-0.3, -0.25) is 4.57 Å². The predicted octanol–water partition coefficient (Wildman–Crippen LogP) is 4.93. The molecule has 0 aliphatic carbocycles. The molecule has 9 heteroatoms. The Bertz CT molecular complexity index is 984. The molecule has 1 atom stereocenters. The lowest BCUT2D eigenvalue weighted by molar-refractivity contribution is 0.0563. The molecule has 0 bridgehead atoms. The Morgan fingerprint density at radius 1 is 1.31 bits per heavy atom. The van der Waals surface area contributed by atoms with Gasteiger partial charge in [0.25, 0.3) is 0 Å². The monoisotopic (exact) mass is 433 g/mol. The molecule has 0 aliphatic rings. The highest BCUT2D eigenvalue weighted by molar-refractivity contribution is 7.99. The summed E-state index contributed by atoms with van der Waals surface area (Å²) in [5.41, 5.74) is 0. The molecular formula is C20H20ClN3O4S. The molecule has 0 N–H and O–H groups in total. The van der Waals surface area contributed by atoms with Gasteiger partial charge in [-0.05, 0) is 43.3 Å². The average Bonchev–Trinajstić information content (AvgIpc) is 3.36. The summed E-state index contributed by atoms with van der Waals surface area (Å²) < 4.78 is 18.0. The fraction of sp³-hybridized carbons (Fsp3) is 0.250. The molecule has 1 unspecified atom stereocenters. The lowest BCUT2D eigenvalue weighted by Gasteiger charge is -2.11. The Kier molecular flexibility index (Phi) is 7.00.